The molecule has 0 atom stereocenters. The summed E-state index contributed by atoms with van der Waals surface area (Å²) in [6, 6.07) is 1.92. The number of hydrogen-bond acceptors (Lipinski definition) is 1. The van der Waals surface area contributed by atoms with Crippen molar-refractivity contribution >= 4 is 15.9 Å². The number of aromatic nitrogens is 2. The number of aryl methyl sites for hydroxylation is 1. The highest BCUT2D eigenvalue weighted by Crippen LogP contribution is 1.86. The van der Waals surface area contributed by atoms with Crippen LogP contribution in [0.25, 0.3) is 0 Å². The van der Waals surface area contributed by atoms with Crippen molar-refractivity contribution in [1.29, 1.82) is 0 Å². The minimum absolute atomic E-state index is 0.951. The first-order valence-corrected chi connectivity index (χ1v) is 3.59. The maximum Gasteiger partial charge on any atom is 0.0506 e. The van der Waals surface area contributed by atoms with Crippen LogP contribution in [0, 0.1) is 0 Å². The zero-order valence-corrected chi connectivity index (χ0v) is 6.00. The predicted octanol–water partition coefficient (Wildman–Crippen LogP) is 1.28. The molecule has 0 radical (unpaired) electrons. The average molecular weight is 175 g/mol. The second kappa shape index (κ2) is 2.87. The van der Waals surface area contributed by atoms with E-state index in [1.807, 2.05) is 16.9 Å². The van der Waals surface area contributed by atoms with Crippen molar-refractivity contribution < 1.29 is 0 Å². The predicted molar refractivity (Wildman–Crippen MR) is 36.0 cm³/mol. The summed E-state index contributed by atoms with van der Waals surface area (Å²) in [4.78, 5) is 0. The highest BCUT2D eigenvalue weighted by atomic mass is 79.9. The van der Waals surface area contributed by atoms with Gasteiger partial charge in [-0.15, -0.1) is 0 Å². The van der Waals surface area contributed by atoms with E-state index in [4.69, 9.17) is 0 Å². The minimum atomic E-state index is 0.951. The van der Waals surface area contributed by atoms with Gasteiger partial charge in [-0.05, 0) is 6.07 Å². The van der Waals surface area contributed by atoms with Gasteiger partial charge in [0.25, 0.3) is 0 Å². The Morgan fingerprint density at radius 1 is 1.62 bits per heavy atom. The molecular formula is C5H7BrN2. The van der Waals surface area contributed by atoms with Crippen molar-refractivity contribution in [3.63, 3.8) is 0 Å². The van der Waals surface area contributed by atoms with Crippen LogP contribution in [0.5, 0.6) is 0 Å². The number of halogens is 1. The molecule has 0 aliphatic carbocycles. The van der Waals surface area contributed by atoms with E-state index in [2.05, 4.69) is 21.0 Å². The molecule has 0 saturated carbocycles. The molecule has 3 heteroatoms. The summed E-state index contributed by atoms with van der Waals surface area (Å²) in [7, 11) is 0. The molecule has 0 saturated heterocycles. The third kappa shape index (κ3) is 1.33. The quantitative estimate of drug-likeness (QED) is 0.619. The zero-order valence-electron chi connectivity index (χ0n) is 4.42. The summed E-state index contributed by atoms with van der Waals surface area (Å²) in [5, 5.41) is 4.96. The van der Waals surface area contributed by atoms with Crippen LogP contribution in [0.3, 0.4) is 0 Å². The van der Waals surface area contributed by atoms with Crippen molar-refractivity contribution in [1.82, 2.24) is 9.78 Å². The molecule has 0 aromatic carbocycles. The molecule has 1 heterocycles. The van der Waals surface area contributed by atoms with E-state index in [0.29, 0.717) is 0 Å². The van der Waals surface area contributed by atoms with Crippen LogP contribution in [0.15, 0.2) is 18.5 Å². The summed E-state index contributed by atoms with van der Waals surface area (Å²) in [6.45, 7) is 0.951. The highest BCUT2D eigenvalue weighted by Gasteiger charge is 1.83. The normalized spacial score (nSPS) is 9.62. The maximum absolute atomic E-state index is 3.99. The molecular weight excluding hydrogens is 168 g/mol. The van der Waals surface area contributed by atoms with Crippen LogP contribution in [-0.2, 0) is 6.54 Å². The Bertz CT molecular complexity index is 136. The van der Waals surface area contributed by atoms with Gasteiger partial charge in [0.2, 0.25) is 0 Å². The fourth-order valence-corrected chi connectivity index (χ4v) is 0.883. The van der Waals surface area contributed by atoms with E-state index in [1.165, 1.54) is 0 Å². The van der Waals surface area contributed by atoms with Gasteiger partial charge in [-0.2, -0.15) is 5.10 Å². The molecule has 0 N–H and O–H groups in total. The lowest BCUT2D eigenvalue weighted by Crippen LogP contribution is -1.97. The maximum atomic E-state index is 3.99. The van der Waals surface area contributed by atoms with E-state index in [9.17, 15) is 0 Å². The van der Waals surface area contributed by atoms with Crippen molar-refractivity contribution in [3.8, 4) is 0 Å². The first-order chi connectivity index (χ1) is 3.93. The van der Waals surface area contributed by atoms with E-state index in [-0.39, 0.29) is 0 Å². The van der Waals surface area contributed by atoms with Crippen LogP contribution in [0.1, 0.15) is 0 Å². The highest BCUT2D eigenvalue weighted by molar-refractivity contribution is 9.09. The fraction of sp³-hybridized carbons (Fsp3) is 0.400. The van der Waals surface area contributed by atoms with Gasteiger partial charge in [0.1, 0.15) is 0 Å². The summed E-state index contributed by atoms with van der Waals surface area (Å²) in [5.41, 5.74) is 0. The topological polar surface area (TPSA) is 17.8 Å². The molecule has 1 aromatic rings. The van der Waals surface area contributed by atoms with E-state index in [0.717, 1.165) is 11.9 Å². The van der Waals surface area contributed by atoms with Gasteiger partial charge in [-0.25, -0.2) is 0 Å². The van der Waals surface area contributed by atoms with E-state index >= 15 is 0 Å². The van der Waals surface area contributed by atoms with Crippen molar-refractivity contribution in [2.75, 3.05) is 5.33 Å². The summed E-state index contributed by atoms with van der Waals surface area (Å²) >= 11 is 3.31. The standard InChI is InChI=1S/C5H7BrN2/c6-2-5-8-4-1-3-7-8/h1,3-4H,2,5H2. The molecule has 0 aliphatic rings. The number of hydrogen-bond donors (Lipinski definition) is 0. The van der Waals surface area contributed by atoms with Crippen LogP contribution in [0.2, 0.25) is 0 Å². The summed E-state index contributed by atoms with van der Waals surface area (Å²) in [5.74, 6) is 0. The second-order valence-corrected chi connectivity index (χ2v) is 2.25. The van der Waals surface area contributed by atoms with Crippen LogP contribution in [-0.4, -0.2) is 15.1 Å². The molecule has 0 bridgehead atoms. The van der Waals surface area contributed by atoms with Gasteiger partial charge in [-0.3, -0.25) is 4.68 Å². The number of nitrogens with zero attached hydrogens (tertiary/aromatic N) is 2. The summed E-state index contributed by atoms with van der Waals surface area (Å²) in [6.07, 6.45) is 3.73. The Morgan fingerprint density at radius 3 is 3.00 bits per heavy atom. The molecule has 1 rings (SSSR count). The van der Waals surface area contributed by atoms with Crippen molar-refractivity contribution in [3.05, 3.63) is 18.5 Å². The molecule has 0 aliphatic heterocycles. The number of alkyl halides is 1. The van der Waals surface area contributed by atoms with E-state index < -0.39 is 0 Å². The Balaban J connectivity index is 2.50. The lowest BCUT2D eigenvalue weighted by Gasteiger charge is -1.91. The molecule has 8 heavy (non-hydrogen) atoms. The Morgan fingerprint density at radius 2 is 2.50 bits per heavy atom. The third-order valence-corrected chi connectivity index (χ3v) is 1.23. The van der Waals surface area contributed by atoms with Gasteiger partial charge in [0.05, 0.1) is 6.54 Å². The number of rotatable bonds is 2. The van der Waals surface area contributed by atoms with Crippen molar-refractivity contribution in [2.45, 2.75) is 6.54 Å². The van der Waals surface area contributed by atoms with Gasteiger partial charge < -0.3 is 0 Å². The smallest absolute Gasteiger partial charge is 0.0506 e. The first-order valence-electron chi connectivity index (χ1n) is 2.47. The third-order valence-electron chi connectivity index (χ3n) is 0.873. The molecule has 0 fully saturated rings. The summed E-state index contributed by atoms with van der Waals surface area (Å²) < 4.78 is 1.88. The first kappa shape index (κ1) is 5.82. The van der Waals surface area contributed by atoms with Crippen LogP contribution >= 0.6 is 15.9 Å². The second-order valence-electron chi connectivity index (χ2n) is 1.46. The zero-order chi connectivity index (χ0) is 5.82. The Labute approximate surface area is 56.6 Å². The molecule has 44 valence electrons. The van der Waals surface area contributed by atoms with Gasteiger partial charge in [-0.1, -0.05) is 15.9 Å². The lowest BCUT2D eigenvalue weighted by atomic mass is 10.7. The van der Waals surface area contributed by atoms with Crippen LogP contribution < -0.4 is 0 Å². The van der Waals surface area contributed by atoms with Gasteiger partial charge >= 0.3 is 0 Å². The molecule has 1 aromatic heterocycles. The lowest BCUT2D eigenvalue weighted by molar-refractivity contribution is 0.669. The van der Waals surface area contributed by atoms with Gasteiger partial charge in [0, 0.05) is 17.7 Å². The molecule has 2 nitrogen and oxygen atoms in total. The SMILES string of the molecule is BrCCn1cccn1. The molecule has 0 spiro atoms. The minimum Gasteiger partial charge on any atom is -0.272 e. The van der Waals surface area contributed by atoms with Crippen LogP contribution in [0.4, 0.5) is 0 Å². The Kier molecular flexibility index (Phi) is 2.09. The Hall–Kier alpha value is -0.310. The van der Waals surface area contributed by atoms with Gasteiger partial charge in [0.15, 0.2) is 0 Å². The van der Waals surface area contributed by atoms with E-state index in [1.54, 1.807) is 6.20 Å². The molecule has 0 unspecified atom stereocenters. The largest absolute Gasteiger partial charge is 0.272 e. The average Bonchev–Trinajstić information content (AvgIpc) is 2.19. The molecule has 0 amide bonds. The fourth-order valence-electron chi connectivity index (χ4n) is 0.519. The van der Waals surface area contributed by atoms with Crippen molar-refractivity contribution in [2.24, 2.45) is 0 Å². The monoisotopic (exact) mass is 174 g/mol.